The smallest absolute Gasteiger partial charge is 0.332 e. The van der Waals surface area contributed by atoms with E-state index in [-0.39, 0.29) is 23.7 Å². The van der Waals surface area contributed by atoms with Crippen molar-refractivity contribution in [2.75, 3.05) is 6.61 Å². The fourth-order valence-corrected chi connectivity index (χ4v) is 4.89. The minimum Gasteiger partial charge on any atom is -0.465 e. The van der Waals surface area contributed by atoms with Crippen LogP contribution in [0.4, 0.5) is 0 Å². The van der Waals surface area contributed by atoms with Crippen LogP contribution in [0.1, 0.15) is 50.8 Å². The second-order valence-electron chi connectivity index (χ2n) is 6.97. The SMILES string of the molecule is CCOC(=O)C(SN1C(=O)c2ccccc2C1=O)(C(=O)c1ccccc1)C1CC1. The molecule has 0 radical (unpaired) electrons. The predicted molar refractivity (Wildman–Crippen MR) is 107 cm³/mol. The molecule has 0 saturated heterocycles. The van der Waals surface area contributed by atoms with Gasteiger partial charge in [-0.15, -0.1) is 0 Å². The normalized spacial score (nSPS) is 17.6. The van der Waals surface area contributed by atoms with E-state index in [1.54, 1.807) is 61.5 Å². The van der Waals surface area contributed by atoms with Gasteiger partial charge in [-0.2, -0.15) is 0 Å². The van der Waals surface area contributed by atoms with Crippen LogP contribution < -0.4 is 0 Å². The number of ketones is 1. The average Bonchev–Trinajstić information content (AvgIpc) is 3.57. The largest absolute Gasteiger partial charge is 0.465 e. The van der Waals surface area contributed by atoms with Gasteiger partial charge in [-0.25, -0.2) is 9.10 Å². The second kappa shape index (κ2) is 7.48. The Labute approximate surface area is 172 Å². The first-order chi connectivity index (χ1) is 14.0. The van der Waals surface area contributed by atoms with Gasteiger partial charge in [-0.3, -0.25) is 14.4 Å². The first-order valence-electron chi connectivity index (χ1n) is 9.44. The molecule has 1 aliphatic heterocycles. The molecule has 4 rings (SSSR count). The topological polar surface area (TPSA) is 80.8 Å². The lowest BCUT2D eigenvalue weighted by atomic mass is 9.92. The summed E-state index contributed by atoms with van der Waals surface area (Å²) in [6, 6.07) is 14.9. The summed E-state index contributed by atoms with van der Waals surface area (Å²) in [5.41, 5.74) is 0.882. The minimum absolute atomic E-state index is 0.0953. The molecule has 2 aliphatic rings. The first kappa shape index (κ1) is 19.4. The van der Waals surface area contributed by atoms with Crippen LogP contribution in [0.25, 0.3) is 0 Å². The summed E-state index contributed by atoms with van der Waals surface area (Å²) in [6.07, 6.45) is 1.29. The molecule has 7 heteroatoms. The van der Waals surface area contributed by atoms with Gasteiger partial charge in [0, 0.05) is 5.56 Å². The van der Waals surface area contributed by atoms with Crippen LogP contribution in [0.2, 0.25) is 0 Å². The van der Waals surface area contributed by atoms with Gasteiger partial charge in [0.25, 0.3) is 11.8 Å². The number of hydrogen-bond donors (Lipinski definition) is 0. The van der Waals surface area contributed by atoms with E-state index < -0.39 is 28.3 Å². The molecule has 1 heterocycles. The number of benzene rings is 2. The standard InChI is InChI=1S/C22H19NO5S/c1-2-28-21(27)22(15-12-13-15,18(24)14-8-4-3-5-9-14)29-23-19(25)16-10-6-7-11-17(16)20(23)26/h3-11,15H,2,12-13H2,1H3. The Morgan fingerprint density at radius 2 is 1.55 bits per heavy atom. The third-order valence-corrected chi connectivity index (χ3v) is 6.58. The number of nitrogens with zero attached hydrogens (tertiary/aromatic N) is 1. The molecule has 29 heavy (non-hydrogen) atoms. The lowest BCUT2D eigenvalue weighted by Gasteiger charge is -2.31. The number of ether oxygens (including phenoxy) is 1. The molecule has 0 aromatic heterocycles. The maximum absolute atomic E-state index is 13.6. The van der Waals surface area contributed by atoms with Crippen molar-refractivity contribution >= 4 is 35.5 Å². The highest BCUT2D eigenvalue weighted by Gasteiger charge is 2.61. The fraction of sp³-hybridized carbons (Fsp3) is 0.273. The summed E-state index contributed by atoms with van der Waals surface area (Å²) in [5.74, 6) is -2.50. The molecule has 0 spiro atoms. The van der Waals surface area contributed by atoms with E-state index in [1.807, 2.05) is 0 Å². The highest BCUT2D eigenvalue weighted by molar-refractivity contribution is 8.01. The number of esters is 1. The van der Waals surface area contributed by atoms with E-state index in [1.165, 1.54) is 0 Å². The van der Waals surface area contributed by atoms with Gasteiger partial charge in [-0.05, 0) is 49.8 Å². The Morgan fingerprint density at radius 3 is 2.07 bits per heavy atom. The van der Waals surface area contributed by atoms with Crippen molar-refractivity contribution in [3.8, 4) is 0 Å². The maximum Gasteiger partial charge on any atom is 0.332 e. The average molecular weight is 409 g/mol. The minimum atomic E-state index is -1.68. The number of carbonyl (C=O) groups excluding carboxylic acids is 4. The molecule has 1 saturated carbocycles. The number of hydrogen-bond acceptors (Lipinski definition) is 6. The fourth-order valence-electron chi connectivity index (χ4n) is 3.52. The molecule has 0 bridgehead atoms. The van der Waals surface area contributed by atoms with Crippen molar-refractivity contribution in [3.05, 3.63) is 71.3 Å². The molecule has 2 aromatic rings. The molecule has 1 atom stereocenters. The summed E-state index contributed by atoms with van der Waals surface area (Å²) in [7, 11) is 0. The zero-order chi connectivity index (χ0) is 20.6. The summed E-state index contributed by atoms with van der Waals surface area (Å²) < 4.78 is 4.55. The molecule has 6 nitrogen and oxygen atoms in total. The number of Topliss-reactive ketones (excluding diaryl/α,β-unsaturated/α-hetero) is 1. The van der Waals surface area contributed by atoms with Crippen molar-refractivity contribution in [1.82, 2.24) is 4.31 Å². The molecule has 1 unspecified atom stereocenters. The highest BCUT2D eigenvalue weighted by atomic mass is 32.2. The van der Waals surface area contributed by atoms with Gasteiger partial charge >= 0.3 is 5.97 Å². The number of imide groups is 1. The second-order valence-corrected chi connectivity index (χ2v) is 8.16. The number of amides is 2. The molecule has 148 valence electrons. The van der Waals surface area contributed by atoms with E-state index in [4.69, 9.17) is 4.74 Å². The molecular formula is C22H19NO5S. The van der Waals surface area contributed by atoms with Crippen LogP contribution in [0.15, 0.2) is 54.6 Å². The van der Waals surface area contributed by atoms with E-state index in [2.05, 4.69) is 0 Å². The molecule has 2 amide bonds. The van der Waals surface area contributed by atoms with Crippen LogP contribution in [0.5, 0.6) is 0 Å². The van der Waals surface area contributed by atoms with Crippen molar-refractivity contribution in [2.45, 2.75) is 24.5 Å². The number of fused-ring (bicyclic) bond motifs is 1. The van der Waals surface area contributed by atoms with Gasteiger partial charge in [0.05, 0.1) is 17.7 Å². The van der Waals surface area contributed by atoms with Gasteiger partial charge in [0.2, 0.25) is 0 Å². The zero-order valence-corrected chi connectivity index (χ0v) is 16.6. The molecule has 0 N–H and O–H groups in total. The van der Waals surface area contributed by atoms with Crippen LogP contribution in [-0.4, -0.2) is 39.2 Å². The van der Waals surface area contributed by atoms with Crippen LogP contribution in [-0.2, 0) is 9.53 Å². The van der Waals surface area contributed by atoms with Crippen molar-refractivity contribution in [1.29, 1.82) is 0 Å². The Morgan fingerprint density at radius 1 is 1.00 bits per heavy atom. The van der Waals surface area contributed by atoms with Gasteiger partial charge < -0.3 is 4.74 Å². The van der Waals surface area contributed by atoms with Gasteiger partial charge in [0.15, 0.2) is 10.5 Å². The van der Waals surface area contributed by atoms with E-state index >= 15 is 0 Å². The number of carbonyl (C=O) groups is 4. The van der Waals surface area contributed by atoms with Crippen molar-refractivity contribution < 1.29 is 23.9 Å². The lowest BCUT2D eigenvalue weighted by Crippen LogP contribution is -2.50. The quantitative estimate of drug-likeness (QED) is 0.229. The molecule has 1 aliphatic carbocycles. The van der Waals surface area contributed by atoms with Crippen LogP contribution >= 0.6 is 11.9 Å². The molecule has 2 aromatic carbocycles. The summed E-state index contributed by atoms with van der Waals surface area (Å²) >= 11 is 0.704. The predicted octanol–water partition coefficient (Wildman–Crippen LogP) is 3.53. The third-order valence-electron chi connectivity index (χ3n) is 5.10. The third kappa shape index (κ3) is 3.15. The Kier molecular flexibility index (Phi) is 5.00. The van der Waals surface area contributed by atoms with Crippen LogP contribution in [0, 0.1) is 5.92 Å². The summed E-state index contributed by atoms with van der Waals surface area (Å²) in [4.78, 5) is 52.5. The van der Waals surface area contributed by atoms with Gasteiger partial charge in [-0.1, -0.05) is 42.5 Å². The van der Waals surface area contributed by atoms with Gasteiger partial charge in [0.1, 0.15) is 0 Å². The Balaban J connectivity index is 1.77. The molecule has 1 fully saturated rings. The monoisotopic (exact) mass is 409 g/mol. The highest BCUT2D eigenvalue weighted by Crippen LogP contribution is 2.52. The molecular weight excluding hydrogens is 390 g/mol. The zero-order valence-electron chi connectivity index (χ0n) is 15.8. The van der Waals surface area contributed by atoms with Crippen LogP contribution in [0.3, 0.4) is 0 Å². The number of rotatable bonds is 7. The summed E-state index contributed by atoms with van der Waals surface area (Å²) in [5, 5.41) is 0. The van der Waals surface area contributed by atoms with E-state index in [0.717, 1.165) is 4.31 Å². The Hall–Kier alpha value is -2.93. The van der Waals surface area contributed by atoms with Crippen molar-refractivity contribution in [2.24, 2.45) is 5.92 Å². The van der Waals surface area contributed by atoms with E-state index in [9.17, 15) is 19.2 Å². The van der Waals surface area contributed by atoms with E-state index in [0.29, 0.717) is 30.4 Å². The Bertz CT molecular complexity index is 966. The summed E-state index contributed by atoms with van der Waals surface area (Å²) in [6.45, 7) is 1.76. The first-order valence-corrected chi connectivity index (χ1v) is 10.2. The maximum atomic E-state index is 13.6. The lowest BCUT2D eigenvalue weighted by molar-refractivity contribution is -0.145. The van der Waals surface area contributed by atoms with Crippen molar-refractivity contribution in [3.63, 3.8) is 0 Å².